The minimum Gasteiger partial charge on any atom is -0.497 e. The highest BCUT2D eigenvalue weighted by atomic mass is 32.2. The molecule has 5 nitrogen and oxygen atoms in total. The first-order chi connectivity index (χ1) is 9.40. The summed E-state index contributed by atoms with van der Waals surface area (Å²) >= 11 is 0. The van der Waals surface area contributed by atoms with E-state index in [0.29, 0.717) is 6.42 Å². The zero-order valence-corrected chi connectivity index (χ0v) is 12.7. The van der Waals surface area contributed by atoms with Crippen LogP contribution >= 0.6 is 0 Å². The van der Waals surface area contributed by atoms with Crippen molar-refractivity contribution in [2.45, 2.75) is 31.8 Å². The Hall–Kier alpha value is -1.11. The molecule has 0 amide bonds. The van der Waals surface area contributed by atoms with E-state index in [4.69, 9.17) is 4.74 Å². The van der Waals surface area contributed by atoms with E-state index in [0.717, 1.165) is 29.7 Å². The number of methoxy groups -OCH3 is 1. The van der Waals surface area contributed by atoms with E-state index < -0.39 is 15.6 Å². The molecule has 6 heteroatoms. The van der Waals surface area contributed by atoms with Crippen molar-refractivity contribution < 1.29 is 18.3 Å². The second kappa shape index (κ2) is 5.71. The van der Waals surface area contributed by atoms with Crippen molar-refractivity contribution in [3.05, 3.63) is 29.3 Å². The molecular formula is C14H21NO4S. The second-order valence-corrected chi connectivity index (χ2v) is 7.23. The summed E-state index contributed by atoms with van der Waals surface area (Å²) in [5.74, 6) is 0.764. The van der Waals surface area contributed by atoms with E-state index in [-0.39, 0.29) is 12.3 Å². The summed E-state index contributed by atoms with van der Waals surface area (Å²) in [5.41, 5.74) is 0.680. The van der Waals surface area contributed by atoms with Crippen molar-refractivity contribution in [3.8, 4) is 5.75 Å². The molecule has 1 aliphatic carbocycles. The quantitative estimate of drug-likeness (QED) is 0.855. The van der Waals surface area contributed by atoms with Gasteiger partial charge in [-0.15, -0.1) is 0 Å². The highest BCUT2D eigenvalue weighted by molar-refractivity contribution is 7.89. The van der Waals surface area contributed by atoms with E-state index >= 15 is 0 Å². The number of fused-ring (bicyclic) bond motifs is 1. The fourth-order valence-corrected chi connectivity index (χ4v) is 3.24. The van der Waals surface area contributed by atoms with Gasteiger partial charge in [0.1, 0.15) is 11.4 Å². The van der Waals surface area contributed by atoms with Crippen molar-refractivity contribution in [2.24, 2.45) is 0 Å². The molecule has 112 valence electrons. The van der Waals surface area contributed by atoms with E-state index in [1.165, 1.54) is 0 Å². The van der Waals surface area contributed by atoms with Crippen molar-refractivity contribution in [1.82, 2.24) is 4.72 Å². The van der Waals surface area contributed by atoms with Gasteiger partial charge >= 0.3 is 0 Å². The number of sulfonamides is 1. The van der Waals surface area contributed by atoms with Crippen molar-refractivity contribution in [1.29, 1.82) is 0 Å². The highest BCUT2D eigenvalue weighted by Gasteiger charge is 2.35. The average molecular weight is 299 g/mol. The summed E-state index contributed by atoms with van der Waals surface area (Å²) in [7, 11) is -1.70. The van der Waals surface area contributed by atoms with Crippen LogP contribution in [0.4, 0.5) is 0 Å². The molecule has 0 bridgehead atoms. The molecule has 1 aromatic rings. The summed E-state index contributed by atoms with van der Waals surface area (Å²) in [5, 5.41) is 10.8. The van der Waals surface area contributed by atoms with Gasteiger partial charge in [0.05, 0.1) is 12.9 Å². The Labute approximate surface area is 120 Å². The molecule has 1 aliphatic rings. The van der Waals surface area contributed by atoms with Crippen LogP contribution in [0.5, 0.6) is 5.75 Å². The Morgan fingerprint density at radius 3 is 2.85 bits per heavy atom. The Morgan fingerprint density at radius 2 is 2.20 bits per heavy atom. The van der Waals surface area contributed by atoms with Crippen LogP contribution in [0, 0.1) is 0 Å². The molecule has 20 heavy (non-hydrogen) atoms. The van der Waals surface area contributed by atoms with E-state index in [1.54, 1.807) is 20.1 Å². The summed E-state index contributed by atoms with van der Waals surface area (Å²) < 4.78 is 30.8. The third kappa shape index (κ3) is 3.13. The Bertz CT molecular complexity index is 585. The first-order valence-corrected chi connectivity index (χ1v) is 8.42. The van der Waals surface area contributed by atoms with Crippen LogP contribution in [-0.4, -0.2) is 32.9 Å². The van der Waals surface area contributed by atoms with Gasteiger partial charge in [-0.2, -0.15) is 0 Å². The molecule has 1 atom stereocenters. The van der Waals surface area contributed by atoms with Crippen molar-refractivity contribution in [3.63, 3.8) is 0 Å². The van der Waals surface area contributed by atoms with E-state index in [2.05, 4.69) is 4.72 Å². The molecular weight excluding hydrogens is 278 g/mol. The fraction of sp³-hybridized carbons (Fsp3) is 0.571. The molecule has 2 N–H and O–H groups in total. The van der Waals surface area contributed by atoms with E-state index in [9.17, 15) is 13.5 Å². The second-order valence-electron chi connectivity index (χ2n) is 5.13. The van der Waals surface area contributed by atoms with Crippen LogP contribution in [0.3, 0.4) is 0 Å². The zero-order chi connectivity index (χ0) is 14.8. The maximum atomic E-state index is 11.6. The molecule has 2 rings (SSSR count). The predicted molar refractivity (Wildman–Crippen MR) is 77.3 cm³/mol. The minimum atomic E-state index is -3.31. The lowest BCUT2D eigenvalue weighted by Crippen LogP contribution is -2.43. The number of benzene rings is 1. The standard InChI is InChI=1S/C14H21NO4S/c1-3-20(17,18)15-10-14(16)8-4-5-11-9-12(19-2)6-7-13(11)14/h6-7,9,15-16H,3-5,8,10H2,1-2H3/t14-/m0/s1. The molecule has 0 aromatic heterocycles. The lowest BCUT2D eigenvalue weighted by atomic mass is 9.79. The first-order valence-electron chi connectivity index (χ1n) is 6.77. The molecule has 0 heterocycles. The van der Waals surface area contributed by atoms with Gasteiger partial charge in [-0.1, -0.05) is 6.07 Å². The van der Waals surface area contributed by atoms with Crippen LogP contribution < -0.4 is 9.46 Å². The number of hydrogen-bond donors (Lipinski definition) is 2. The largest absolute Gasteiger partial charge is 0.497 e. The number of aryl methyl sites for hydroxylation is 1. The Morgan fingerprint density at radius 1 is 1.45 bits per heavy atom. The van der Waals surface area contributed by atoms with E-state index in [1.807, 2.05) is 12.1 Å². The van der Waals surface area contributed by atoms with Crippen LogP contribution in [0.2, 0.25) is 0 Å². The van der Waals surface area contributed by atoms with Crippen molar-refractivity contribution in [2.75, 3.05) is 19.4 Å². The normalized spacial score (nSPS) is 22.4. The van der Waals surface area contributed by atoms with Crippen LogP contribution in [0.1, 0.15) is 30.9 Å². The topological polar surface area (TPSA) is 75.6 Å². The maximum Gasteiger partial charge on any atom is 0.211 e. The molecule has 0 spiro atoms. The minimum absolute atomic E-state index is 0.0125. The van der Waals surface area contributed by atoms with Gasteiger partial charge in [-0.05, 0) is 49.4 Å². The molecule has 0 unspecified atom stereocenters. The molecule has 1 aromatic carbocycles. The van der Waals surface area contributed by atoms with Gasteiger partial charge in [0, 0.05) is 6.54 Å². The third-order valence-electron chi connectivity index (χ3n) is 3.81. The Kier molecular flexibility index (Phi) is 4.36. The summed E-state index contributed by atoms with van der Waals surface area (Å²) in [6, 6.07) is 5.53. The monoisotopic (exact) mass is 299 g/mol. The maximum absolute atomic E-state index is 11.6. The Balaban J connectivity index is 2.26. The third-order valence-corrected chi connectivity index (χ3v) is 5.16. The molecule has 0 fully saturated rings. The van der Waals surface area contributed by atoms with Gasteiger partial charge in [-0.25, -0.2) is 13.1 Å². The predicted octanol–water partition coefficient (Wildman–Crippen LogP) is 1.16. The molecule has 0 saturated heterocycles. The fourth-order valence-electron chi connectivity index (χ4n) is 2.58. The lowest BCUT2D eigenvalue weighted by Gasteiger charge is -2.34. The van der Waals surface area contributed by atoms with Gasteiger partial charge < -0.3 is 9.84 Å². The van der Waals surface area contributed by atoms with Gasteiger partial charge in [-0.3, -0.25) is 0 Å². The van der Waals surface area contributed by atoms with Crippen molar-refractivity contribution >= 4 is 10.0 Å². The highest BCUT2D eigenvalue weighted by Crippen LogP contribution is 2.36. The number of aliphatic hydroxyl groups is 1. The number of nitrogens with one attached hydrogen (secondary N) is 1. The van der Waals surface area contributed by atoms with Gasteiger partial charge in [0.2, 0.25) is 10.0 Å². The van der Waals surface area contributed by atoms with Gasteiger partial charge in [0.15, 0.2) is 0 Å². The van der Waals surface area contributed by atoms with Crippen LogP contribution in [0.25, 0.3) is 0 Å². The lowest BCUT2D eigenvalue weighted by molar-refractivity contribution is 0.0242. The van der Waals surface area contributed by atoms with Crippen LogP contribution in [0.15, 0.2) is 18.2 Å². The number of hydrogen-bond acceptors (Lipinski definition) is 4. The number of ether oxygens (including phenoxy) is 1. The molecule has 0 saturated carbocycles. The zero-order valence-electron chi connectivity index (χ0n) is 11.8. The summed E-state index contributed by atoms with van der Waals surface area (Å²) in [6.45, 7) is 1.59. The number of rotatable bonds is 5. The summed E-state index contributed by atoms with van der Waals surface area (Å²) in [4.78, 5) is 0. The van der Waals surface area contributed by atoms with Gasteiger partial charge in [0.25, 0.3) is 0 Å². The van der Waals surface area contributed by atoms with Crippen LogP contribution in [-0.2, 0) is 22.0 Å². The SMILES string of the molecule is CCS(=O)(=O)NC[C@@]1(O)CCCc2cc(OC)ccc21. The molecule has 0 aliphatic heterocycles. The smallest absolute Gasteiger partial charge is 0.211 e. The summed E-state index contributed by atoms with van der Waals surface area (Å²) in [6.07, 6.45) is 2.25. The molecule has 0 radical (unpaired) electrons. The first kappa shape index (κ1) is 15.3. The average Bonchev–Trinajstić information content (AvgIpc) is 2.45.